The molecule has 0 radical (unpaired) electrons. The van der Waals surface area contributed by atoms with Gasteiger partial charge in [-0.15, -0.1) is 0 Å². The summed E-state index contributed by atoms with van der Waals surface area (Å²) < 4.78 is 15.6. The van der Waals surface area contributed by atoms with E-state index in [2.05, 4.69) is 15.1 Å². The van der Waals surface area contributed by atoms with Crippen LogP contribution in [0.15, 0.2) is 39.5 Å². The van der Waals surface area contributed by atoms with Gasteiger partial charge in [0.05, 0.1) is 0 Å². The maximum absolute atomic E-state index is 12.0. The summed E-state index contributed by atoms with van der Waals surface area (Å²) in [4.78, 5) is 20.1. The molecule has 0 bridgehead atoms. The van der Waals surface area contributed by atoms with Gasteiger partial charge in [0.25, 0.3) is 5.89 Å². The van der Waals surface area contributed by atoms with Gasteiger partial charge < -0.3 is 13.7 Å². The Hall–Kier alpha value is -2.96. The number of nitrogens with zero attached hydrogens (tertiary/aromatic N) is 3. The number of carbonyl (C=O) groups is 1. The van der Waals surface area contributed by atoms with Crippen LogP contribution in [0, 0.1) is 6.92 Å². The lowest BCUT2D eigenvalue weighted by Gasteiger charge is -1.98. The highest BCUT2D eigenvalue weighted by Crippen LogP contribution is 2.17. The van der Waals surface area contributed by atoms with Crippen molar-refractivity contribution < 1.29 is 18.5 Å². The lowest BCUT2D eigenvalue weighted by atomic mass is 10.2. The molecule has 23 heavy (non-hydrogen) atoms. The van der Waals surface area contributed by atoms with Gasteiger partial charge in [-0.2, -0.15) is 4.98 Å². The summed E-state index contributed by atoms with van der Waals surface area (Å²) in [5.74, 6) is 1.02. The fourth-order valence-corrected chi connectivity index (χ4v) is 2.10. The SMILES string of the molecule is CCc1oc(C(=O)OCc2nc(-c3ccncc3)no2)cc1C. The Kier molecular flexibility index (Phi) is 4.18. The molecular weight excluding hydrogens is 298 g/mol. The minimum Gasteiger partial charge on any atom is -0.454 e. The van der Waals surface area contributed by atoms with Gasteiger partial charge in [0, 0.05) is 24.4 Å². The van der Waals surface area contributed by atoms with Gasteiger partial charge in [0.15, 0.2) is 6.61 Å². The maximum atomic E-state index is 12.0. The Labute approximate surface area is 132 Å². The van der Waals surface area contributed by atoms with E-state index >= 15 is 0 Å². The summed E-state index contributed by atoms with van der Waals surface area (Å²) in [6.45, 7) is 3.73. The summed E-state index contributed by atoms with van der Waals surface area (Å²) in [5, 5.41) is 3.84. The number of carbonyl (C=O) groups excluding carboxylic acids is 1. The van der Waals surface area contributed by atoms with E-state index in [0.717, 1.165) is 23.3 Å². The van der Waals surface area contributed by atoms with Crippen LogP contribution < -0.4 is 0 Å². The van der Waals surface area contributed by atoms with Crippen molar-refractivity contribution in [2.75, 3.05) is 0 Å². The van der Waals surface area contributed by atoms with E-state index in [0.29, 0.717) is 5.82 Å². The van der Waals surface area contributed by atoms with Gasteiger partial charge in [-0.05, 0) is 30.7 Å². The second-order valence-corrected chi connectivity index (χ2v) is 4.89. The van der Waals surface area contributed by atoms with Crippen LogP contribution in [0.5, 0.6) is 0 Å². The number of aromatic nitrogens is 3. The molecule has 7 heteroatoms. The van der Waals surface area contributed by atoms with E-state index in [1.165, 1.54) is 0 Å². The molecule has 0 aromatic carbocycles. The average Bonchev–Trinajstić information content (AvgIpc) is 3.20. The lowest BCUT2D eigenvalue weighted by molar-refractivity contribution is 0.0392. The van der Waals surface area contributed by atoms with Crippen molar-refractivity contribution >= 4 is 5.97 Å². The first-order chi connectivity index (χ1) is 11.2. The standard InChI is InChI=1S/C16H15N3O4/c1-3-12-10(2)8-13(22-12)16(20)21-9-14-18-15(19-23-14)11-4-6-17-7-5-11/h4-8H,3,9H2,1-2H3. The number of furan rings is 1. The molecule has 7 nitrogen and oxygen atoms in total. The van der Waals surface area contributed by atoms with Gasteiger partial charge in [0.2, 0.25) is 11.6 Å². The molecule has 0 atom stereocenters. The second-order valence-electron chi connectivity index (χ2n) is 4.89. The van der Waals surface area contributed by atoms with Crippen molar-refractivity contribution in [2.24, 2.45) is 0 Å². The van der Waals surface area contributed by atoms with E-state index in [1.807, 2.05) is 13.8 Å². The maximum Gasteiger partial charge on any atom is 0.374 e. The van der Waals surface area contributed by atoms with E-state index < -0.39 is 5.97 Å². The highest BCUT2D eigenvalue weighted by Gasteiger charge is 2.17. The van der Waals surface area contributed by atoms with Crippen molar-refractivity contribution in [2.45, 2.75) is 26.9 Å². The molecule has 0 saturated carbocycles. The fraction of sp³-hybridized carbons (Fsp3) is 0.250. The Morgan fingerprint density at radius 2 is 2.09 bits per heavy atom. The number of pyridine rings is 1. The van der Waals surface area contributed by atoms with E-state index in [4.69, 9.17) is 13.7 Å². The number of ether oxygens (including phenoxy) is 1. The molecule has 0 aliphatic heterocycles. The highest BCUT2D eigenvalue weighted by molar-refractivity contribution is 5.86. The van der Waals surface area contributed by atoms with Crippen LogP contribution in [0.1, 0.15) is 34.7 Å². The van der Waals surface area contributed by atoms with Crippen molar-refractivity contribution in [1.82, 2.24) is 15.1 Å². The van der Waals surface area contributed by atoms with Crippen LogP contribution >= 0.6 is 0 Å². The third-order valence-electron chi connectivity index (χ3n) is 3.28. The summed E-state index contributed by atoms with van der Waals surface area (Å²) in [7, 11) is 0. The molecule has 0 N–H and O–H groups in total. The highest BCUT2D eigenvalue weighted by atomic mass is 16.6. The van der Waals surface area contributed by atoms with Crippen LogP contribution in [0.4, 0.5) is 0 Å². The summed E-state index contributed by atoms with van der Waals surface area (Å²) in [6.07, 6.45) is 3.99. The van der Waals surface area contributed by atoms with Crippen molar-refractivity contribution in [3.05, 3.63) is 53.6 Å². The molecule has 0 unspecified atom stereocenters. The van der Waals surface area contributed by atoms with E-state index in [9.17, 15) is 4.79 Å². The van der Waals surface area contributed by atoms with E-state index in [1.54, 1.807) is 30.6 Å². The summed E-state index contributed by atoms with van der Waals surface area (Å²) >= 11 is 0. The Morgan fingerprint density at radius 1 is 1.30 bits per heavy atom. The number of aryl methyl sites for hydroxylation is 2. The molecule has 3 aromatic rings. The first-order valence-corrected chi connectivity index (χ1v) is 7.16. The van der Waals surface area contributed by atoms with Crippen LogP contribution in [-0.4, -0.2) is 21.1 Å². The van der Waals surface area contributed by atoms with Crippen LogP contribution in [0.3, 0.4) is 0 Å². The molecule has 3 aromatic heterocycles. The molecule has 0 saturated heterocycles. The predicted molar refractivity (Wildman–Crippen MR) is 79.5 cm³/mol. The average molecular weight is 313 g/mol. The normalized spacial score (nSPS) is 10.7. The van der Waals surface area contributed by atoms with E-state index in [-0.39, 0.29) is 18.3 Å². The van der Waals surface area contributed by atoms with Crippen molar-refractivity contribution in [1.29, 1.82) is 0 Å². The number of rotatable bonds is 5. The Balaban J connectivity index is 1.64. The largest absolute Gasteiger partial charge is 0.454 e. The number of esters is 1. The summed E-state index contributed by atoms with van der Waals surface area (Å²) in [6, 6.07) is 5.19. The second kappa shape index (κ2) is 6.43. The Bertz CT molecular complexity index is 808. The minimum atomic E-state index is -0.559. The minimum absolute atomic E-state index is 0.113. The third kappa shape index (κ3) is 3.28. The zero-order chi connectivity index (χ0) is 16.2. The molecule has 0 aliphatic rings. The molecule has 0 amide bonds. The third-order valence-corrected chi connectivity index (χ3v) is 3.28. The van der Waals surface area contributed by atoms with Crippen LogP contribution in [0.25, 0.3) is 11.4 Å². The molecule has 0 spiro atoms. The quantitative estimate of drug-likeness (QED) is 0.669. The zero-order valence-corrected chi connectivity index (χ0v) is 12.8. The van der Waals surface area contributed by atoms with Gasteiger partial charge in [-0.3, -0.25) is 4.98 Å². The first kappa shape index (κ1) is 15.0. The number of hydrogen-bond donors (Lipinski definition) is 0. The molecule has 3 heterocycles. The van der Waals surface area contributed by atoms with Crippen molar-refractivity contribution in [3.63, 3.8) is 0 Å². The topological polar surface area (TPSA) is 91.2 Å². The molecule has 3 rings (SSSR count). The molecular formula is C16H15N3O4. The van der Waals surface area contributed by atoms with Gasteiger partial charge in [-0.25, -0.2) is 4.79 Å². The van der Waals surface area contributed by atoms with Crippen LogP contribution in [-0.2, 0) is 17.8 Å². The first-order valence-electron chi connectivity index (χ1n) is 7.16. The molecule has 0 fully saturated rings. The number of hydrogen-bond acceptors (Lipinski definition) is 7. The monoisotopic (exact) mass is 313 g/mol. The fourth-order valence-electron chi connectivity index (χ4n) is 2.10. The lowest BCUT2D eigenvalue weighted by Crippen LogP contribution is -2.04. The Morgan fingerprint density at radius 3 is 2.78 bits per heavy atom. The summed E-state index contributed by atoms with van der Waals surface area (Å²) in [5.41, 5.74) is 1.70. The smallest absolute Gasteiger partial charge is 0.374 e. The van der Waals surface area contributed by atoms with Gasteiger partial charge in [0.1, 0.15) is 5.76 Å². The van der Waals surface area contributed by atoms with Crippen molar-refractivity contribution in [3.8, 4) is 11.4 Å². The van der Waals surface area contributed by atoms with Gasteiger partial charge in [-0.1, -0.05) is 12.1 Å². The molecule has 118 valence electrons. The molecule has 0 aliphatic carbocycles. The van der Waals surface area contributed by atoms with Crippen LogP contribution in [0.2, 0.25) is 0 Å². The predicted octanol–water partition coefficient (Wildman–Crippen LogP) is 2.95. The van der Waals surface area contributed by atoms with Gasteiger partial charge >= 0.3 is 5.97 Å². The zero-order valence-electron chi connectivity index (χ0n) is 12.8.